The molecule has 1 aromatic heterocycles. The molecule has 0 N–H and O–H groups in total. The number of hydrogen-bond donors (Lipinski definition) is 0. The Kier molecular flexibility index (Phi) is 3.04. The van der Waals surface area contributed by atoms with E-state index in [0.717, 1.165) is 34.0 Å². The van der Waals surface area contributed by atoms with Crippen molar-refractivity contribution in [1.82, 2.24) is 0 Å². The van der Waals surface area contributed by atoms with Crippen LogP contribution in [-0.4, -0.2) is 5.78 Å². The van der Waals surface area contributed by atoms with Crippen LogP contribution in [-0.2, 0) is 11.2 Å². The molecule has 0 saturated heterocycles. The molecule has 74 valence electrons. The lowest BCUT2D eigenvalue weighted by atomic mass is 10.1. The first-order valence-corrected chi connectivity index (χ1v) is 5.91. The lowest BCUT2D eigenvalue weighted by Crippen LogP contribution is -2.03. The average molecular weight is 227 g/mol. The van der Waals surface area contributed by atoms with Crippen LogP contribution in [0.25, 0.3) is 0 Å². The minimum atomic E-state index is 0.265. The van der Waals surface area contributed by atoms with Gasteiger partial charge in [0.1, 0.15) is 0 Å². The van der Waals surface area contributed by atoms with Gasteiger partial charge in [0, 0.05) is 11.3 Å². The van der Waals surface area contributed by atoms with Crippen molar-refractivity contribution >= 4 is 28.7 Å². The Balaban J connectivity index is 2.01. The molecule has 2 rings (SSSR count). The van der Waals surface area contributed by atoms with Gasteiger partial charge < -0.3 is 0 Å². The fourth-order valence-electron chi connectivity index (χ4n) is 1.64. The van der Waals surface area contributed by atoms with Gasteiger partial charge in [-0.15, -0.1) is 11.3 Å². The second kappa shape index (κ2) is 4.28. The van der Waals surface area contributed by atoms with Gasteiger partial charge >= 0.3 is 0 Å². The highest BCUT2D eigenvalue weighted by atomic mass is 35.5. The second-order valence-electron chi connectivity index (χ2n) is 3.43. The standard InChI is InChI=1S/C11H11ClOS/c12-11-6-5-9(14-11)7-10(13)8-3-1-2-4-8/h3,5-6H,1-2,4,7H2. The van der Waals surface area contributed by atoms with Crippen LogP contribution in [0.1, 0.15) is 24.1 Å². The van der Waals surface area contributed by atoms with Gasteiger partial charge in [0.2, 0.25) is 0 Å². The van der Waals surface area contributed by atoms with E-state index in [1.165, 1.54) is 11.3 Å². The van der Waals surface area contributed by atoms with E-state index in [0.29, 0.717) is 6.42 Å². The maximum atomic E-state index is 11.7. The van der Waals surface area contributed by atoms with Crippen LogP contribution in [0, 0.1) is 0 Å². The molecule has 3 heteroatoms. The van der Waals surface area contributed by atoms with Crippen molar-refractivity contribution in [2.75, 3.05) is 0 Å². The zero-order valence-electron chi connectivity index (χ0n) is 7.75. The highest BCUT2D eigenvalue weighted by Crippen LogP contribution is 2.25. The molecule has 0 aliphatic heterocycles. The predicted octanol–water partition coefficient (Wildman–Crippen LogP) is 3.62. The predicted molar refractivity (Wildman–Crippen MR) is 60.0 cm³/mol. The minimum Gasteiger partial charge on any atom is -0.294 e. The molecule has 1 aromatic rings. The first-order chi connectivity index (χ1) is 6.75. The summed E-state index contributed by atoms with van der Waals surface area (Å²) in [7, 11) is 0. The molecule has 1 heterocycles. The van der Waals surface area contributed by atoms with Crippen molar-refractivity contribution in [1.29, 1.82) is 0 Å². The van der Waals surface area contributed by atoms with Gasteiger partial charge in [-0.3, -0.25) is 4.79 Å². The van der Waals surface area contributed by atoms with E-state index in [4.69, 9.17) is 11.6 Å². The van der Waals surface area contributed by atoms with E-state index in [-0.39, 0.29) is 5.78 Å². The molecule has 1 nitrogen and oxygen atoms in total. The molecule has 1 aliphatic rings. The fourth-order valence-corrected chi connectivity index (χ4v) is 2.73. The molecule has 0 fully saturated rings. The van der Waals surface area contributed by atoms with Crippen LogP contribution in [0.3, 0.4) is 0 Å². The van der Waals surface area contributed by atoms with Gasteiger partial charge in [-0.25, -0.2) is 0 Å². The maximum Gasteiger partial charge on any atom is 0.163 e. The largest absolute Gasteiger partial charge is 0.294 e. The number of carbonyl (C=O) groups excluding carboxylic acids is 1. The SMILES string of the molecule is O=C(Cc1ccc(Cl)s1)C1=CCCC1. The van der Waals surface area contributed by atoms with Crippen LogP contribution in [0.2, 0.25) is 4.34 Å². The van der Waals surface area contributed by atoms with Gasteiger partial charge in [0.25, 0.3) is 0 Å². The summed E-state index contributed by atoms with van der Waals surface area (Å²) < 4.78 is 0.758. The number of rotatable bonds is 3. The maximum absolute atomic E-state index is 11.7. The van der Waals surface area contributed by atoms with E-state index in [9.17, 15) is 4.79 Å². The second-order valence-corrected chi connectivity index (χ2v) is 5.23. The summed E-state index contributed by atoms with van der Waals surface area (Å²) in [4.78, 5) is 12.8. The molecule has 0 spiro atoms. The van der Waals surface area contributed by atoms with Crippen molar-refractivity contribution in [3.63, 3.8) is 0 Å². The molecule has 1 aliphatic carbocycles. The van der Waals surface area contributed by atoms with E-state index < -0.39 is 0 Å². The van der Waals surface area contributed by atoms with Gasteiger partial charge in [-0.1, -0.05) is 17.7 Å². The van der Waals surface area contributed by atoms with Crippen molar-refractivity contribution in [2.45, 2.75) is 25.7 Å². The Bertz CT molecular complexity index is 378. The minimum absolute atomic E-state index is 0.265. The van der Waals surface area contributed by atoms with Crippen LogP contribution < -0.4 is 0 Å². The summed E-state index contributed by atoms with van der Waals surface area (Å²) in [5.41, 5.74) is 1.01. The molecule has 0 saturated carbocycles. The first kappa shape index (κ1) is 9.94. The Labute approximate surface area is 92.4 Å². The van der Waals surface area contributed by atoms with Crippen LogP contribution >= 0.6 is 22.9 Å². The summed E-state index contributed by atoms with van der Waals surface area (Å²) in [6.45, 7) is 0. The summed E-state index contributed by atoms with van der Waals surface area (Å²) in [6, 6.07) is 3.78. The van der Waals surface area contributed by atoms with Crippen molar-refractivity contribution in [3.05, 3.63) is 33.0 Å². The Morgan fingerprint density at radius 1 is 1.50 bits per heavy atom. The normalized spacial score (nSPS) is 15.6. The molecule has 0 unspecified atom stereocenters. The first-order valence-electron chi connectivity index (χ1n) is 4.72. The molecule has 14 heavy (non-hydrogen) atoms. The molecule has 0 atom stereocenters. The van der Waals surface area contributed by atoms with Gasteiger partial charge in [-0.05, 0) is 37.0 Å². The summed E-state index contributed by atoms with van der Waals surface area (Å²) in [5.74, 6) is 0.265. The van der Waals surface area contributed by atoms with E-state index in [1.807, 2.05) is 12.1 Å². The highest BCUT2D eigenvalue weighted by molar-refractivity contribution is 7.16. The Morgan fingerprint density at radius 2 is 2.36 bits per heavy atom. The number of hydrogen-bond acceptors (Lipinski definition) is 2. The van der Waals surface area contributed by atoms with Gasteiger partial charge in [0.05, 0.1) is 4.34 Å². The third kappa shape index (κ3) is 2.25. The molecular formula is C11H11ClOS. The van der Waals surface area contributed by atoms with E-state index in [1.54, 1.807) is 0 Å². The van der Waals surface area contributed by atoms with Gasteiger partial charge in [0.15, 0.2) is 5.78 Å². The molecular weight excluding hydrogens is 216 g/mol. The number of halogens is 1. The van der Waals surface area contributed by atoms with E-state index >= 15 is 0 Å². The topological polar surface area (TPSA) is 17.1 Å². The Morgan fingerprint density at radius 3 is 2.93 bits per heavy atom. The quantitative estimate of drug-likeness (QED) is 0.770. The highest BCUT2D eigenvalue weighted by Gasteiger charge is 2.14. The zero-order chi connectivity index (χ0) is 9.97. The zero-order valence-corrected chi connectivity index (χ0v) is 9.33. The summed E-state index contributed by atoms with van der Waals surface area (Å²) >= 11 is 7.29. The fraction of sp³-hybridized carbons (Fsp3) is 0.364. The smallest absolute Gasteiger partial charge is 0.163 e. The number of ketones is 1. The molecule has 0 radical (unpaired) electrons. The Hall–Kier alpha value is -0.600. The number of Topliss-reactive ketones (excluding diaryl/α,β-unsaturated/α-hetero) is 1. The van der Waals surface area contributed by atoms with Crippen LogP contribution in [0.4, 0.5) is 0 Å². The van der Waals surface area contributed by atoms with Crippen molar-refractivity contribution in [2.24, 2.45) is 0 Å². The lowest BCUT2D eigenvalue weighted by molar-refractivity contribution is -0.115. The monoisotopic (exact) mass is 226 g/mol. The molecule has 0 bridgehead atoms. The van der Waals surface area contributed by atoms with Crippen molar-refractivity contribution < 1.29 is 4.79 Å². The summed E-state index contributed by atoms with van der Waals surface area (Å²) in [6.07, 6.45) is 5.73. The lowest BCUT2D eigenvalue weighted by Gasteiger charge is -1.98. The third-order valence-electron chi connectivity index (χ3n) is 2.36. The van der Waals surface area contributed by atoms with E-state index in [2.05, 4.69) is 6.08 Å². The van der Waals surface area contributed by atoms with Crippen LogP contribution in [0.15, 0.2) is 23.8 Å². The number of carbonyl (C=O) groups is 1. The summed E-state index contributed by atoms with van der Waals surface area (Å²) in [5, 5.41) is 0. The van der Waals surface area contributed by atoms with Gasteiger partial charge in [-0.2, -0.15) is 0 Å². The third-order valence-corrected chi connectivity index (χ3v) is 3.59. The number of allylic oxidation sites excluding steroid dienone is 2. The van der Waals surface area contributed by atoms with Crippen LogP contribution in [0.5, 0.6) is 0 Å². The number of thiophene rings is 1. The van der Waals surface area contributed by atoms with Crippen molar-refractivity contribution in [3.8, 4) is 0 Å². The molecule has 0 amide bonds. The molecule has 0 aromatic carbocycles. The average Bonchev–Trinajstić information content (AvgIpc) is 2.75.